The van der Waals surface area contributed by atoms with E-state index in [2.05, 4.69) is 5.48 Å². The van der Waals surface area contributed by atoms with Gasteiger partial charge in [0.2, 0.25) is 5.91 Å². The van der Waals surface area contributed by atoms with Gasteiger partial charge in [0.25, 0.3) is 0 Å². The lowest BCUT2D eigenvalue weighted by molar-refractivity contribution is -0.183. The van der Waals surface area contributed by atoms with Gasteiger partial charge in [-0.25, -0.2) is 10.3 Å². The van der Waals surface area contributed by atoms with Gasteiger partial charge in [-0.3, -0.25) is 9.59 Å². The van der Waals surface area contributed by atoms with Crippen LogP contribution in [-0.4, -0.2) is 29.7 Å². The van der Waals surface area contributed by atoms with E-state index < -0.39 is 6.29 Å². The van der Waals surface area contributed by atoms with Crippen molar-refractivity contribution in [1.82, 2.24) is 5.48 Å². The van der Waals surface area contributed by atoms with E-state index in [9.17, 15) is 9.59 Å². The van der Waals surface area contributed by atoms with Crippen LogP contribution in [0.1, 0.15) is 70.4 Å². The van der Waals surface area contributed by atoms with E-state index in [0.717, 1.165) is 36.8 Å². The summed E-state index contributed by atoms with van der Waals surface area (Å²) in [6.45, 7) is 6.45. The van der Waals surface area contributed by atoms with Crippen molar-refractivity contribution in [2.24, 2.45) is 5.92 Å². The lowest BCUT2D eigenvalue weighted by Gasteiger charge is -2.15. The molecule has 0 heterocycles. The summed E-state index contributed by atoms with van der Waals surface area (Å²) in [7, 11) is 0. The highest BCUT2D eigenvalue weighted by Crippen LogP contribution is 2.10. The van der Waals surface area contributed by atoms with Crippen molar-refractivity contribution in [1.29, 1.82) is 0 Å². The molecule has 0 aliphatic heterocycles. The summed E-state index contributed by atoms with van der Waals surface area (Å²) in [5.41, 5.74) is 4.24. The molecule has 0 spiro atoms. The van der Waals surface area contributed by atoms with Gasteiger partial charge in [0.1, 0.15) is 5.78 Å². The second-order valence-electron chi connectivity index (χ2n) is 7.54. The number of hydrogen-bond donors (Lipinski definition) is 2. The smallest absolute Gasteiger partial charge is 0.243 e. The molecule has 0 radical (unpaired) electrons. The molecule has 158 valence electrons. The van der Waals surface area contributed by atoms with Crippen molar-refractivity contribution >= 4 is 11.7 Å². The fraction of sp³-hybridized carbons (Fsp3) is 0.636. The molecule has 1 unspecified atom stereocenters. The van der Waals surface area contributed by atoms with Crippen LogP contribution in [-0.2, 0) is 32.2 Å². The standard InChI is InChI=1S/C22H35NO5/c1-17(2)16-27-18(3)28-23-22(26)9-7-5-4-6-8-21(25)14-19-10-12-20(15-24)13-11-19/h10-13,17-18,24H,4-9,14-16H2,1-3H3,(H,23,26). The number of amides is 1. The first-order chi connectivity index (χ1) is 13.4. The number of ketones is 1. The average Bonchev–Trinajstić information content (AvgIpc) is 2.68. The highest BCUT2D eigenvalue weighted by molar-refractivity contribution is 5.80. The molecule has 6 heteroatoms. The number of hydroxylamine groups is 1. The van der Waals surface area contributed by atoms with Gasteiger partial charge in [0.05, 0.1) is 13.2 Å². The normalized spacial score (nSPS) is 12.2. The molecule has 0 aromatic heterocycles. The lowest BCUT2D eigenvalue weighted by atomic mass is 10.0. The van der Waals surface area contributed by atoms with Crippen LogP contribution < -0.4 is 5.48 Å². The molecule has 6 nitrogen and oxygen atoms in total. The molecule has 0 fully saturated rings. The number of hydrogen-bond acceptors (Lipinski definition) is 5. The molecule has 28 heavy (non-hydrogen) atoms. The number of unbranched alkanes of at least 4 members (excludes halogenated alkanes) is 3. The monoisotopic (exact) mass is 393 g/mol. The van der Waals surface area contributed by atoms with E-state index in [1.54, 1.807) is 6.92 Å². The quantitative estimate of drug-likeness (QED) is 0.270. The minimum atomic E-state index is -0.461. The highest BCUT2D eigenvalue weighted by Gasteiger charge is 2.08. The molecule has 0 aliphatic rings. The fourth-order valence-corrected chi connectivity index (χ4v) is 2.60. The predicted octanol–water partition coefficient (Wildman–Crippen LogP) is 3.70. The van der Waals surface area contributed by atoms with Gasteiger partial charge in [-0.15, -0.1) is 0 Å². The van der Waals surface area contributed by atoms with Gasteiger partial charge in [0, 0.05) is 19.3 Å². The summed E-state index contributed by atoms with van der Waals surface area (Å²) in [6, 6.07) is 7.46. The summed E-state index contributed by atoms with van der Waals surface area (Å²) in [5, 5.41) is 9.02. The third kappa shape index (κ3) is 11.8. The number of ether oxygens (including phenoxy) is 1. The molecule has 1 aromatic carbocycles. The maximum Gasteiger partial charge on any atom is 0.243 e. The Bertz CT molecular complexity index is 571. The Morgan fingerprint density at radius 1 is 0.964 bits per heavy atom. The van der Waals surface area contributed by atoms with E-state index in [0.29, 0.717) is 31.8 Å². The van der Waals surface area contributed by atoms with Gasteiger partial charge in [-0.2, -0.15) is 0 Å². The van der Waals surface area contributed by atoms with Gasteiger partial charge in [-0.05, 0) is 36.8 Å². The maximum absolute atomic E-state index is 12.0. The van der Waals surface area contributed by atoms with Crippen molar-refractivity contribution in [2.75, 3.05) is 6.61 Å². The number of aliphatic hydroxyl groups is 1. The molecule has 0 saturated heterocycles. The minimum absolute atomic E-state index is 0.0172. The van der Waals surface area contributed by atoms with Crippen LogP contribution in [0.4, 0.5) is 0 Å². The highest BCUT2D eigenvalue weighted by atomic mass is 16.8. The number of carbonyl (C=O) groups excluding carboxylic acids is 2. The van der Waals surface area contributed by atoms with E-state index in [-0.39, 0.29) is 18.3 Å². The van der Waals surface area contributed by atoms with Crippen LogP contribution >= 0.6 is 0 Å². The Morgan fingerprint density at radius 3 is 2.18 bits per heavy atom. The molecule has 0 aliphatic carbocycles. The molecular formula is C22H35NO5. The molecule has 2 N–H and O–H groups in total. The molecular weight excluding hydrogens is 358 g/mol. The topological polar surface area (TPSA) is 84.9 Å². The summed E-state index contributed by atoms with van der Waals surface area (Å²) in [6.07, 6.45) is 4.38. The van der Waals surface area contributed by atoms with E-state index in [1.807, 2.05) is 38.1 Å². The number of carbonyl (C=O) groups is 2. The van der Waals surface area contributed by atoms with Gasteiger partial charge < -0.3 is 9.84 Å². The third-order valence-corrected chi connectivity index (χ3v) is 4.22. The van der Waals surface area contributed by atoms with Crippen LogP contribution in [0, 0.1) is 5.92 Å². The van der Waals surface area contributed by atoms with Gasteiger partial charge >= 0.3 is 0 Å². The van der Waals surface area contributed by atoms with Crippen LogP contribution in [0.3, 0.4) is 0 Å². The number of rotatable bonds is 15. The fourth-order valence-electron chi connectivity index (χ4n) is 2.60. The molecule has 1 rings (SSSR count). The zero-order valence-electron chi connectivity index (χ0n) is 17.4. The summed E-state index contributed by atoms with van der Waals surface area (Å²) < 4.78 is 5.41. The molecule has 0 saturated carbocycles. The number of aliphatic hydroxyl groups excluding tert-OH is 1. The van der Waals surface area contributed by atoms with Crippen molar-refractivity contribution in [2.45, 2.75) is 78.6 Å². The Morgan fingerprint density at radius 2 is 1.57 bits per heavy atom. The summed E-state index contributed by atoms with van der Waals surface area (Å²) >= 11 is 0. The second kappa shape index (κ2) is 14.3. The number of nitrogens with one attached hydrogen (secondary N) is 1. The molecule has 1 amide bonds. The minimum Gasteiger partial charge on any atom is -0.392 e. The number of Topliss-reactive ketones (excluding diaryl/α,β-unsaturated/α-hetero) is 1. The van der Waals surface area contributed by atoms with E-state index >= 15 is 0 Å². The third-order valence-electron chi connectivity index (χ3n) is 4.22. The van der Waals surface area contributed by atoms with Gasteiger partial charge in [-0.1, -0.05) is 51.0 Å². The maximum atomic E-state index is 12.0. The van der Waals surface area contributed by atoms with Crippen LogP contribution in [0.15, 0.2) is 24.3 Å². The Kier molecular flexibility index (Phi) is 12.4. The van der Waals surface area contributed by atoms with E-state index in [1.165, 1.54) is 0 Å². The van der Waals surface area contributed by atoms with Crippen LogP contribution in [0.5, 0.6) is 0 Å². The van der Waals surface area contributed by atoms with Crippen molar-refractivity contribution in [3.05, 3.63) is 35.4 Å². The van der Waals surface area contributed by atoms with Crippen molar-refractivity contribution < 1.29 is 24.3 Å². The van der Waals surface area contributed by atoms with Crippen molar-refractivity contribution in [3.63, 3.8) is 0 Å². The SMILES string of the molecule is CC(C)COC(C)ONC(=O)CCCCCCC(=O)Cc1ccc(CO)cc1. The average molecular weight is 394 g/mol. The Hall–Kier alpha value is -1.76. The zero-order valence-corrected chi connectivity index (χ0v) is 17.4. The van der Waals surface area contributed by atoms with Crippen LogP contribution in [0.25, 0.3) is 0 Å². The molecule has 1 aromatic rings. The zero-order chi connectivity index (χ0) is 20.8. The van der Waals surface area contributed by atoms with Gasteiger partial charge in [0.15, 0.2) is 6.29 Å². The van der Waals surface area contributed by atoms with Crippen LogP contribution in [0.2, 0.25) is 0 Å². The predicted molar refractivity (Wildman–Crippen MR) is 108 cm³/mol. The van der Waals surface area contributed by atoms with E-state index in [4.69, 9.17) is 14.7 Å². The first kappa shape index (κ1) is 24.3. The lowest BCUT2D eigenvalue weighted by Crippen LogP contribution is -2.30. The Balaban J connectivity index is 2.02. The van der Waals surface area contributed by atoms with Crippen molar-refractivity contribution in [3.8, 4) is 0 Å². The first-order valence-corrected chi connectivity index (χ1v) is 10.2. The number of benzene rings is 1. The Labute approximate surface area is 168 Å². The summed E-state index contributed by atoms with van der Waals surface area (Å²) in [5.74, 6) is 0.487. The molecule has 1 atom stereocenters. The largest absolute Gasteiger partial charge is 0.392 e. The molecule has 0 bridgehead atoms. The second-order valence-corrected chi connectivity index (χ2v) is 7.54. The summed E-state index contributed by atoms with van der Waals surface area (Å²) in [4.78, 5) is 28.9. The first-order valence-electron chi connectivity index (χ1n) is 10.2.